The van der Waals surface area contributed by atoms with E-state index in [9.17, 15) is 4.39 Å². The van der Waals surface area contributed by atoms with E-state index in [2.05, 4.69) is 26.6 Å². The summed E-state index contributed by atoms with van der Waals surface area (Å²) < 4.78 is 14.3. The third-order valence-electron chi connectivity index (χ3n) is 6.52. The first-order valence-corrected chi connectivity index (χ1v) is 11.9. The average Bonchev–Trinajstić information content (AvgIpc) is 3.36. The Morgan fingerprint density at radius 1 is 1.00 bits per heavy atom. The molecule has 33 heavy (non-hydrogen) atoms. The van der Waals surface area contributed by atoms with E-state index in [4.69, 9.17) is 21.6 Å². The molecule has 0 saturated carbocycles. The molecule has 2 fully saturated rings. The molecule has 3 aromatic rings. The average molecular weight is 467 g/mol. The largest absolute Gasteiger partial charge is 0.352 e. The maximum Gasteiger partial charge on any atom is 0.227 e. The van der Waals surface area contributed by atoms with Crippen LogP contribution in [0.4, 0.5) is 22.0 Å². The molecule has 0 aliphatic carbocycles. The molecule has 2 aromatic heterocycles. The summed E-state index contributed by atoms with van der Waals surface area (Å²) in [7, 11) is 0. The number of piperazine rings is 1. The fourth-order valence-electron chi connectivity index (χ4n) is 4.63. The van der Waals surface area contributed by atoms with Gasteiger partial charge in [-0.25, -0.2) is 14.4 Å². The second-order valence-electron chi connectivity index (χ2n) is 8.87. The molecule has 2 aliphatic rings. The van der Waals surface area contributed by atoms with E-state index in [1.54, 1.807) is 25.3 Å². The summed E-state index contributed by atoms with van der Waals surface area (Å²) >= 11 is 6.39. The molecule has 0 amide bonds. The Labute approximate surface area is 199 Å². The first kappa shape index (κ1) is 21.9. The lowest BCUT2D eigenvalue weighted by atomic mass is 10.1. The second-order valence-corrected chi connectivity index (χ2v) is 9.27. The fourth-order valence-corrected chi connectivity index (χ4v) is 4.87. The molecule has 0 bridgehead atoms. The summed E-state index contributed by atoms with van der Waals surface area (Å²) in [5.74, 6) is 2.21. The maximum atomic E-state index is 14.3. The molecule has 6 nitrogen and oxygen atoms in total. The van der Waals surface area contributed by atoms with Crippen LogP contribution in [0.25, 0.3) is 11.3 Å². The van der Waals surface area contributed by atoms with Crippen LogP contribution in [0.1, 0.15) is 25.3 Å². The van der Waals surface area contributed by atoms with Crippen LogP contribution in [0, 0.1) is 12.7 Å². The van der Waals surface area contributed by atoms with Crippen LogP contribution in [0.15, 0.2) is 42.6 Å². The van der Waals surface area contributed by atoms with Crippen molar-refractivity contribution in [2.45, 2.75) is 32.7 Å². The van der Waals surface area contributed by atoms with Gasteiger partial charge in [-0.05, 0) is 50.5 Å². The van der Waals surface area contributed by atoms with Gasteiger partial charge in [0, 0.05) is 56.6 Å². The van der Waals surface area contributed by atoms with Crippen molar-refractivity contribution in [3.8, 4) is 11.3 Å². The number of nitrogens with zero attached hydrogens (tertiary/aromatic N) is 6. The monoisotopic (exact) mass is 466 g/mol. The highest BCUT2D eigenvalue weighted by atomic mass is 35.5. The lowest BCUT2D eigenvalue weighted by Gasteiger charge is -2.41. The lowest BCUT2D eigenvalue weighted by molar-refractivity contribution is 0.542. The van der Waals surface area contributed by atoms with Gasteiger partial charge in [0.15, 0.2) is 0 Å². The molecule has 1 aromatic carbocycles. The molecular weight excluding hydrogens is 439 g/mol. The number of hydrogen-bond donors (Lipinski definition) is 0. The van der Waals surface area contributed by atoms with Crippen LogP contribution in [0.2, 0.25) is 5.02 Å². The van der Waals surface area contributed by atoms with Gasteiger partial charge in [-0.3, -0.25) is 0 Å². The number of aryl methyl sites for hydroxylation is 1. The van der Waals surface area contributed by atoms with E-state index in [0.717, 1.165) is 74.4 Å². The van der Waals surface area contributed by atoms with Gasteiger partial charge in [-0.2, -0.15) is 4.98 Å². The normalized spacial score (nSPS) is 18.8. The van der Waals surface area contributed by atoms with Crippen LogP contribution >= 0.6 is 11.6 Å². The summed E-state index contributed by atoms with van der Waals surface area (Å²) in [6.45, 7) is 8.22. The van der Waals surface area contributed by atoms with Crippen LogP contribution in [-0.4, -0.2) is 53.7 Å². The van der Waals surface area contributed by atoms with Crippen molar-refractivity contribution in [3.05, 3.63) is 59.0 Å². The zero-order chi connectivity index (χ0) is 22.9. The summed E-state index contributed by atoms with van der Waals surface area (Å²) in [4.78, 5) is 21.0. The minimum absolute atomic E-state index is 0.195. The molecule has 4 heterocycles. The fraction of sp³-hybridized carbons (Fsp3) is 0.400. The summed E-state index contributed by atoms with van der Waals surface area (Å²) in [5, 5.41) is 0.667. The molecule has 1 atom stereocenters. The van der Waals surface area contributed by atoms with Crippen molar-refractivity contribution in [1.29, 1.82) is 0 Å². The van der Waals surface area contributed by atoms with Crippen molar-refractivity contribution in [1.82, 2.24) is 15.0 Å². The highest BCUT2D eigenvalue weighted by Crippen LogP contribution is 2.31. The van der Waals surface area contributed by atoms with Gasteiger partial charge in [0.25, 0.3) is 0 Å². The standard InChI is InChI=1S/C25H28ClFN6/c1-17-7-8-19(14-21(17)27)22-15-23(30-25(29-22)31-10-3-4-11-31)33-13-12-32(16-18(33)2)24-20(26)6-5-9-28-24/h5-9,14-15,18H,3-4,10-13,16H2,1-2H3/t18-/m1/s1. The van der Waals surface area contributed by atoms with Gasteiger partial charge in [-0.15, -0.1) is 0 Å². The third-order valence-corrected chi connectivity index (χ3v) is 6.81. The van der Waals surface area contributed by atoms with Crippen LogP contribution in [-0.2, 0) is 0 Å². The molecule has 0 N–H and O–H groups in total. The van der Waals surface area contributed by atoms with Crippen LogP contribution in [0.3, 0.4) is 0 Å². The van der Waals surface area contributed by atoms with Gasteiger partial charge >= 0.3 is 0 Å². The molecule has 2 saturated heterocycles. The number of anilines is 3. The van der Waals surface area contributed by atoms with E-state index in [1.807, 2.05) is 24.3 Å². The highest BCUT2D eigenvalue weighted by molar-refractivity contribution is 6.32. The number of halogens is 2. The number of aromatic nitrogens is 3. The van der Waals surface area contributed by atoms with E-state index in [0.29, 0.717) is 10.6 Å². The zero-order valence-electron chi connectivity index (χ0n) is 19.0. The minimum Gasteiger partial charge on any atom is -0.352 e. The molecular formula is C25H28ClFN6. The topological polar surface area (TPSA) is 48.4 Å². The Hall–Kier alpha value is -2.93. The molecule has 2 aliphatic heterocycles. The predicted octanol–water partition coefficient (Wildman–Crippen LogP) is 4.95. The maximum absolute atomic E-state index is 14.3. The van der Waals surface area contributed by atoms with Crippen molar-refractivity contribution >= 4 is 29.2 Å². The second kappa shape index (κ2) is 9.14. The van der Waals surface area contributed by atoms with Gasteiger partial charge in [-0.1, -0.05) is 23.7 Å². The number of benzene rings is 1. The Kier molecular flexibility index (Phi) is 6.06. The summed E-state index contributed by atoms with van der Waals surface area (Å²) in [6.07, 6.45) is 4.06. The van der Waals surface area contributed by atoms with Crippen molar-refractivity contribution in [3.63, 3.8) is 0 Å². The van der Waals surface area contributed by atoms with Gasteiger partial charge in [0.05, 0.1) is 10.7 Å². The smallest absolute Gasteiger partial charge is 0.227 e. The van der Waals surface area contributed by atoms with Crippen molar-refractivity contribution < 1.29 is 4.39 Å². The van der Waals surface area contributed by atoms with Gasteiger partial charge in [0.2, 0.25) is 5.95 Å². The summed E-state index contributed by atoms with van der Waals surface area (Å²) in [5.41, 5.74) is 2.16. The van der Waals surface area contributed by atoms with Crippen molar-refractivity contribution in [2.24, 2.45) is 0 Å². The Morgan fingerprint density at radius 2 is 1.82 bits per heavy atom. The van der Waals surface area contributed by atoms with Crippen LogP contribution < -0.4 is 14.7 Å². The summed E-state index contributed by atoms with van der Waals surface area (Å²) in [6, 6.07) is 11.2. The molecule has 0 unspecified atom stereocenters. The molecule has 5 rings (SSSR count). The number of hydrogen-bond acceptors (Lipinski definition) is 6. The Bertz CT molecular complexity index is 1150. The predicted molar refractivity (Wildman–Crippen MR) is 132 cm³/mol. The number of rotatable bonds is 4. The SMILES string of the molecule is Cc1ccc(-c2cc(N3CCN(c4ncccc4Cl)C[C@H]3C)nc(N3CCCC3)n2)cc1F. The van der Waals surface area contributed by atoms with E-state index in [-0.39, 0.29) is 11.9 Å². The molecule has 0 radical (unpaired) electrons. The lowest BCUT2D eigenvalue weighted by Crippen LogP contribution is -2.52. The Morgan fingerprint density at radius 3 is 2.55 bits per heavy atom. The minimum atomic E-state index is -0.218. The van der Waals surface area contributed by atoms with Gasteiger partial charge < -0.3 is 14.7 Å². The Balaban J connectivity index is 1.47. The first-order valence-electron chi connectivity index (χ1n) is 11.5. The molecule has 0 spiro atoms. The van der Waals surface area contributed by atoms with E-state index in [1.165, 1.54) is 0 Å². The number of pyridine rings is 1. The van der Waals surface area contributed by atoms with E-state index >= 15 is 0 Å². The first-order chi connectivity index (χ1) is 16.0. The quantitative estimate of drug-likeness (QED) is 0.542. The highest BCUT2D eigenvalue weighted by Gasteiger charge is 2.28. The van der Waals surface area contributed by atoms with Crippen LogP contribution in [0.5, 0.6) is 0 Å². The third kappa shape index (κ3) is 4.47. The molecule has 8 heteroatoms. The van der Waals surface area contributed by atoms with Gasteiger partial charge in [0.1, 0.15) is 17.5 Å². The zero-order valence-corrected chi connectivity index (χ0v) is 19.8. The molecule has 172 valence electrons. The van der Waals surface area contributed by atoms with Crippen molar-refractivity contribution in [2.75, 3.05) is 47.4 Å². The van der Waals surface area contributed by atoms with E-state index < -0.39 is 0 Å².